The average molecular weight is 513 g/mol. The molecule has 1 heterocycles. The van der Waals surface area contributed by atoms with Gasteiger partial charge in [0.05, 0.1) is 0 Å². The number of hydrogen-bond acceptors (Lipinski definition) is 2. The predicted molar refractivity (Wildman–Crippen MR) is 160 cm³/mol. The van der Waals surface area contributed by atoms with Crippen LogP contribution >= 0.6 is 0 Å². The Kier molecular flexibility index (Phi) is 8.43. The Morgan fingerprint density at radius 2 is 1.79 bits per heavy atom. The van der Waals surface area contributed by atoms with Crippen LogP contribution in [0.5, 0.6) is 0 Å². The molecule has 1 aliphatic heterocycles. The molecule has 0 bridgehead atoms. The molecule has 3 fully saturated rings. The van der Waals surface area contributed by atoms with Gasteiger partial charge in [0.15, 0.2) is 0 Å². The number of nitrogens with one attached hydrogen (secondary N) is 1. The zero-order valence-electron chi connectivity index (χ0n) is 24.1. The molecule has 3 aliphatic carbocycles. The average Bonchev–Trinajstić information content (AvgIpc) is 3.58. The minimum Gasteiger partial charge on any atom is -0.349 e. The highest BCUT2D eigenvalue weighted by molar-refractivity contribution is 5.94. The van der Waals surface area contributed by atoms with Gasteiger partial charge in [0.1, 0.15) is 0 Å². The number of piperidine rings is 1. The SMILES string of the molecule is CC.Cc1cc(C(=O)NC2CCCCC2)ccc1C1CCC(N2CCC3(C=Cc4ccccc43)C(C)C2)C1. The van der Waals surface area contributed by atoms with Crippen molar-refractivity contribution >= 4 is 12.0 Å². The summed E-state index contributed by atoms with van der Waals surface area (Å²) in [4.78, 5) is 15.6. The number of amides is 1. The lowest BCUT2D eigenvalue weighted by Gasteiger charge is -2.46. The molecule has 1 N–H and O–H groups in total. The lowest BCUT2D eigenvalue weighted by atomic mass is 9.68. The predicted octanol–water partition coefficient (Wildman–Crippen LogP) is 8.03. The Morgan fingerprint density at radius 3 is 2.55 bits per heavy atom. The van der Waals surface area contributed by atoms with Gasteiger partial charge in [-0.25, -0.2) is 0 Å². The molecule has 0 aromatic heterocycles. The monoisotopic (exact) mass is 512 g/mol. The van der Waals surface area contributed by atoms with E-state index >= 15 is 0 Å². The first-order valence-corrected chi connectivity index (χ1v) is 15.5. The van der Waals surface area contributed by atoms with Crippen LogP contribution in [-0.2, 0) is 5.41 Å². The fourth-order valence-electron chi connectivity index (χ4n) is 7.92. The van der Waals surface area contributed by atoms with Crippen LogP contribution in [0.2, 0.25) is 0 Å². The van der Waals surface area contributed by atoms with Gasteiger partial charge in [0.2, 0.25) is 0 Å². The Balaban J connectivity index is 0.00000144. The number of benzene rings is 2. The van der Waals surface area contributed by atoms with E-state index in [1.54, 1.807) is 5.56 Å². The second-order valence-corrected chi connectivity index (χ2v) is 12.2. The summed E-state index contributed by atoms with van der Waals surface area (Å²) in [6.07, 6.45) is 16.0. The largest absolute Gasteiger partial charge is 0.349 e. The first kappa shape index (κ1) is 27.2. The van der Waals surface area contributed by atoms with E-state index < -0.39 is 0 Å². The number of nitrogens with zero attached hydrogens (tertiary/aromatic N) is 1. The molecule has 38 heavy (non-hydrogen) atoms. The van der Waals surface area contributed by atoms with Crippen molar-refractivity contribution in [2.24, 2.45) is 5.92 Å². The van der Waals surface area contributed by atoms with Crippen molar-refractivity contribution in [1.82, 2.24) is 10.2 Å². The number of rotatable bonds is 4. The summed E-state index contributed by atoms with van der Waals surface area (Å²) < 4.78 is 0. The highest BCUT2D eigenvalue weighted by Gasteiger charge is 2.45. The van der Waals surface area contributed by atoms with E-state index in [9.17, 15) is 4.79 Å². The van der Waals surface area contributed by atoms with Gasteiger partial charge in [-0.05, 0) is 98.2 Å². The van der Waals surface area contributed by atoms with Crippen molar-refractivity contribution in [2.75, 3.05) is 13.1 Å². The quantitative estimate of drug-likeness (QED) is 0.450. The number of fused-ring (bicyclic) bond motifs is 2. The van der Waals surface area contributed by atoms with E-state index in [-0.39, 0.29) is 11.3 Å². The van der Waals surface area contributed by atoms with Gasteiger partial charge < -0.3 is 10.2 Å². The molecular formula is C35H48N2O. The van der Waals surface area contributed by atoms with Crippen molar-refractivity contribution in [2.45, 2.75) is 109 Å². The first-order chi connectivity index (χ1) is 18.5. The van der Waals surface area contributed by atoms with E-state index in [0.717, 1.165) is 18.4 Å². The molecule has 2 saturated carbocycles. The Labute approximate surface area is 231 Å². The summed E-state index contributed by atoms with van der Waals surface area (Å²) in [7, 11) is 0. The third-order valence-corrected chi connectivity index (χ3v) is 10.1. The van der Waals surface area contributed by atoms with E-state index in [1.807, 2.05) is 13.8 Å². The third-order valence-electron chi connectivity index (χ3n) is 10.1. The molecule has 6 rings (SSSR count). The molecule has 4 unspecified atom stereocenters. The number of carbonyl (C=O) groups excluding carboxylic acids is 1. The Morgan fingerprint density at radius 1 is 1.00 bits per heavy atom. The van der Waals surface area contributed by atoms with Crippen LogP contribution in [0.4, 0.5) is 0 Å². The van der Waals surface area contributed by atoms with Crippen molar-refractivity contribution in [1.29, 1.82) is 0 Å². The van der Waals surface area contributed by atoms with Crippen LogP contribution < -0.4 is 5.32 Å². The second kappa shape index (κ2) is 11.8. The maximum absolute atomic E-state index is 12.8. The summed E-state index contributed by atoms with van der Waals surface area (Å²) in [5.74, 6) is 1.36. The van der Waals surface area contributed by atoms with Gasteiger partial charge in [0.25, 0.3) is 5.91 Å². The number of carbonyl (C=O) groups is 1. The molecule has 0 radical (unpaired) electrons. The highest BCUT2D eigenvalue weighted by Crippen LogP contribution is 2.48. The molecule has 4 atom stereocenters. The van der Waals surface area contributed by atoms with Gasteiger partial charge in [-0.2, -0.15) is 0 Å². The van der Waals surface area contributed by atoms with E-state index in [0.29, 0.717) is 23.9 Å². The lowest BCUT2D eigenvalue weighted by Crippen LogP contribution is -2.50. The molecular weight excluding hydrogens is 464 g/mol. The topological polar surface area (TPSA) is 32.3 Å². The minimum atomic E-state index is 0.111. The van der Waals surface area contributed by atoms with Crippen LogP contribution in [0.3, 0.4) is 0 Å². The molecule has 1 saturated heterocycles. The van der Waals surface area contributed by atoms with E-state index in [1.165, 1.54) is 74.7 Å². The Hall–Kier alpha value is -2.39. The molecule has 2 aromatic carbocycles. The summed E-state index contributed by atoms with van der Waals surface area (Å²) in [5.41, 5.74) is 6.78. The molecule has 1 spiro atoms. The highest BCUT2D eigenvalue weighted by atomic mass is 16.1. The maximum Gasteiger partial charge on any atom is 0.251 e. The molecule has 2 aromatic rings. The van der Waals surface area contributed by atoms with Crippen LogP contribution in [0.15, 0.2) is 48.5 Å². The normalized spacial score (nSPS) is 29.1. The standard InChI is InChI=1S/C33H42N2O.C2H6/c1-23-20-27(32(36)34-28-9-4-3-5-10-28)13-15-30(23)26-12-14-29(21-26)35-19-18-33(24(2)22-35)17-16-25-8-6-7-11-31(25)33;1-2/h6-8,11,13,15-17,20,24,26,28-29H,3-5,9-10,12,14,18-19,21-22H2,1-2H3,(H,34,36);1-2H3. The number of hydrogen-bond donors (Lipinski definition) is 1. The van der Waals surface area contributed by atoms with Crippen LogP contribution in [0, 0.1) is 12.8 Å². The fourth-order valence-corrected chi connectivity index (χ4v) is 7.92. The molecule has 1 amide bonds. The Bertz CT molecular complexity index is 1150. The summed E-state index contributed by atoms with van der Waals surface area (Å²) in [6.45, 7) is 11.1. The van der Waals surface area contributed by atoms with Gasteiger partial charge in [0, 0.05) is 29.6 Å². The van der Waals surface area contributed by atoms with E-state index in [2.05, 4.69) is 78.7 Å². The summed E-state index contributed by atoms with van der Waals surface area (Å²) >= 11 is 0. The second-order valence-electron chi connectivity index (χ2n) is 12.2. The van der Waals surface area contributed by atoms with Crippen LogP contribution in [0.1, 0.15) is 117 Å². The van der Waals surface area contributed by atoms with Gasteiger partial charge in [-0.15, -0.1) is 0 Å². The van der Waals surface area contributed by atoms with Gasteiger partial charge in [-0.1, -0.05) is 82.5 Å². The summed E-state index contributed by atoms with van der Waals surface area (Å²) in [5, 5.41) is 3.28. The molecule has 4 aliphatic rings. The zero-order valence-corrected chi connectivity index (χ0v) is 24.1. The molecule has 3 nitrogen and oxygen atoms in total. The van der Waals surface area contributed by atoms with Crippen LogP contribution in [0.25, 0.3) is 6.08 Å². The van der Waals surface area contributed by atoms with Crippen molar-refractivity contribution in [3.8, 4) is 0 Å². The van der Waals surface area contributed by atoms with Crippen molar-refractivity contribution < 1.29 is 4.79 Å². The number of aryl methyl sites for hydroxylation is 1. The van der Waals surface area contributed by atoms with Gasteiger partial charge >= 0.3 is 0 Å². The minimum absolute atomic E-state index is 0.111. The summed E-state index contributed by atoms with van der Waals surface area (Å²) in [6, 6.07) is 16.5. The smallest absolute Gasteiger partial charge is 0.251 e. The van der Waals surface area contributed by atoms with Gasteiger partial charge in [-0.3, -0.25) is 4.79 Å². The third kappa shape index (κ3) is 5.24. The maximum atomic E-state index is 12.8. The fraction of sp³-hybridized carbons (Fsp3) is 0.571. The van der Waals surface area contributed by atoms with Crippen LogP contribution in [-0.4, -0.2) is 36.0 Å². The van der Waals surface area contributed by atoms with Crippen molar-refractivity contribution in [3.63, 3.8) is 0 Å². The lowest BCUT2D eigenvalue weighted by molar-refractivity contribution is 0.0898. The first-order valence-electron chi connectivity index (χ1n) is 15.5. The van der Waals surface area contributed by atoms with Crippen molar-refractivity contribution in [3.05, 3.63) is 76.4 Å². The zero-order chi connectivity index (χ0) is 26.7. The molecule has 204 valence electrons. The number of likely N-dealkylation sites (tertiary alicyclic amines) is 1. The molecule has 3 heteroatoms. The number of allylic oxidation sites excluding steroid dienone is 1. The van der Waals surface area contributed by atoms with E-state index in [4.69, 9.17) is 0 Å².